The van der Waals surface area contributed by atoms with Gasteiger partial charge in [-0.1, -0.05) is 0 Å². The molecule has 0 saturated heterocycles. The van der Waals surface area contributed by atoms with E-state index in [1.807, 2.05) is 0 Å². The first kappa shape index (κ1) is 7.13. The van der Waals surface area contributed by atoms with Gasteiger partial charge in [0.1, 0.15) is 0 Å². The molecule has 0 aliphatic heterocycles. The van der Waals surface area contributed by atoms with Gasteiger partial charge in [-0.2, -0.15) is 0 Å². The Balaban J connectivity index is 3.02. The Morgan fingerprint density at radius 1 is 1.20 bits per heavy atom. The molecule has 0 aliphatic rings. The van der Waals surface area contributed by atoms with Crippen LogP contribution in [0.15, 0.2) is 0 Å². The van der Waals surface area contributed by atoms with Gasteiger partial charge in [0.05, 0.1) is 0 Å². The average molecular weight is 332 g/mol. The van der Waals surface area contributed by atoms with Gasteiger partial charge in [0, 0.05) is 0 Å². The minimum absolute atomic E-state index is 2.17. The third-order valence-electron chi connectivity index (χ3n) is 0. The molecule has 0 heterocycles. The van der Waals surface area contributed by atoms with Crippen LogP contribution in [0, 0.1) is 0 Å². The molecular formula is H4Cl2P2Pt. The third-order valence-corrected chi connectivity index (χ3v) is 0. The standard InChI is InChI=1S/2ClH.2H2P.Pt/h2*1H;2*1H2;/q;;2*-1;+4/p-2. The van der Waals surface area contributed by atoms with Gasteiger partial charge in [-0.25, -0.2) is 0 Å². The molecule has 0 fully saturated rings. The summed E-state index contributed by atoms with van der Waals surface area (Å²) in [6, 6.07) is 0. The van der Waals surface area contributed by atoms with Crippen molar-refractivity contribution in [3.63, 3.8) is 0 Å². The zero-order chi connectivity index (χ0) is 4.50. The fourth-order valence-corrected chi connectivity index (χ4v) is 0. The average Bonchev–Trinajstić information content (AvgIpc) is 0.722. The van der Waals surface area contributed by atoms with E-state index in [1.54, 1.807) is 0 Å². The Morgan fingerprint density at radius 3 is 1.20 bits per heavy atom. The molecule has 38 valence electrons. The van der Waals surface area contributed by atoms with Gasteiger partial charge >= 0.3 is 46.5 Å². The van der Waals surface area contributed by atoms with E-state index in [0.29, 0.717) is 0 Å². The molecule has 5 heavy (non-hydrogen) atoms. The van der Waals surface area contributed by atoms with Crippen molar-refractivity contribution in [2.24, 2.45) is 0 Å². The second-order valence-electron chi connectivity index (χ2n) is 0.427. The van der Waals surface area contributed by atoms with E-state index < -0.39 is 13.0 Å². The first-order valence-electron chi connectivity index (χ1n) is 0.604. The van der Waals surface area contributed by atoms with Gasteiger partial charge in [0.25, 0.3) is 0 Å². The van der Waals surface area contributed by atoms with Crippen LogP contribution in [0.4, 0.5) is 0 Å². The van der Waals surface area contributed by atoms with E-state index in [4.69, 9.17) is 18.8 Å². The van der Waals surface area contributed by atoms with E-state index >= 15 is 0 Å². The molecule has 0 rings (SSSR count). The molecule has 0 saturated carbocycles. The molecule has 5 heteroatoms. The summed E-state index contributed by atoms with van der Waals surface area (Å²) in [5, 5.41) is 0. The van der Waals surface area contributed by atoms with Gasteiger partial charge in [-0.3, -0.25) is 0 Å². The van der Waals surface area contributed by atoms with Crippen LogP contribution in [-0.2, 0) is 13.0 Å². The van der Waals surface area contributed by atoms with Crippen LogP contribution in [0.1, 0.15) is 0 Å². The molecule has 2 unspecified atom stereocenters. The van der Waals surface area contributed by atoms with Crippen LogP contribution in [0.2, 0.25) is 0 Å². The van der Waals surface area contributed by atoms with Gasteiger partial charge in [-0.15, -0.1) is 0 Å². The van der Waals surface area contributed by atoms with Crippen LogP contribution in [0.5, 0.6) is 0 Å². The summed E-state index contributed by atoms with van der Waals surface area (Å²) in [5.41, 5.74) is 0. The molecule has 0 aromatic heterocycles. The van der Waals surface area contributed by atoms with Gasteiger partial charge in [0.2, 0.25) is 0 Å². The molecule has 0 amide bonds. The van der Waals surface area contributed by atoms with E-state index in [1.165, 1.54) is 0 Å². The van der Waals surface area contributed by atoms with Crippen LogP contribution >= 0.6 is 33.5 Å². The first-order valence-corrected chi connectivity index (χ1v) is 14.8. The molecule has 0 aliphatic carbocycles. The third kappa shape index (κ3) is 23.1. The summed E-state index contributed by atoms with van der Waals surface area (Å²) in [5.74, 6) is 0. The van der Waals surface area contributed by atoms with E-state index in [-0.39, 0.29) is 0 Å². The predicted molar refractivity (Wildman–Crippen MR) is 31.1 cm³/mol. The van der Waals surface area contributed by atoms with Crippen molar-refractivity contribution in [2.45, 2.75) is 0 Å². The van der Waals surface area contributed by atoms with E-state index in [0.717, 1.165) is 0 Å². The Bertz CT molecular complexity index is 23.1. The summed E-state index contributed by atoms with van der Waals surface area (Å²) in [6.07, 6.45) is 0. The van der Waals surface area contributed by atoms with Crippen LogP contribution in [0.3, 0.4) is 0 Å². The molecule has 0 bridgehead atoms. The fraction of sp³-hybridized carbons (Fsp3) is 0. The second-order valence-corrected chi connectivity index (χ2v) is 31.4. The quantitative estimate of drug-likeness (QED) is 0.596. The molecule has 0 aromatic carbocycles. The van der Waals surface area contributed by atoms with Crippen LogP contribution < -0.4 is 0 Å². The molecule has 0 N–H and O–H groups in total. The molecule has 0 nitrogen and oxygen atoms in total. The van der Waals surface area contributed by atoms with Gasteiger partial charge < -0.3 is 0 Å². The van der Waals surface area contributed by atoms with Crippen molar-refractivity contribution >= 4 is 33.5 Å². The number of rotatable bonds is 0. The zero-order valence-corrected chi connectivity index (χ0v) is 8.32. The topological polar surface area (TPSA) is 0 Å². The number of halogens is 2. The van der Waals surface area contributed by atoms with E-state index in [2.05, 4.69) is 14.7 Å². The van der Waals surface area contributed by atoms with E-state index in [9.17, 15) is 0 Å². The summed E-state index contributed by atoms with van der Waals surface area (Å²) < 4.78 is 0. The monoisotopic (exact) mass is 331 g/mol. The zero-order valence-electron chi connectivity index (χ0n) is 2.23. The van der Waals surface area contributed by atoms with Crippen LogP contribution in [0.25, 0.3) is 0 Å². The van der Waals surface area contributed by atoms with Crippen molar-refractivity contribution in [1.82, 2.24) is 0 Å². The van der Waals surface area contributed by atoms with Crippen molar-refractivity contribution in [3.8, 4) is 0 Å². The van der Waals surface area contributed by atoms with Crippen molar-refractivity contribution < 1.29 is 13.0 Å². The summed E-state index contributed by atoms with van der Waals surface area (Å²) in [7, 11) is 15.6. The predicted octanol–water partition coefficient (Wildman–Crippen LogP) is 2.03. The normalized spacial score (nSPS) is 15.2. The Kier molecular flexibility index (Phi) is 3.48. The summed E-state index contributed by atoms with van der Waals surface area (Å²) in [6.45, 7) is 0. The Morgan fingerprint density at radius 2 is 1.20 bits per heavy atom. The maximum atomic E-state index is 5.40. The Hall–Kier alpha value is 2.13. The first-order chi connectivity index (χ1) is 2.00. The van der Waals surface area contributed by atoms with Crippen LogP contribution in [-0.4, -0.2) is 0 Å². The molecular weight excluding hydrogens is 328 g/mol. The second kappa shape index (κ2) is 2.44. The number of hydrogen-bond donors (Lipinski definition) is 0. The minimum atomic E-state index is -2.17. The fourth-order valence-electron chi connectivity index (χ4n) is 0. The maximum absolute atomic E-state index is 5.40. The molecule has 0 radical (unpaired) electrons. The summed E-state index contributed by atoms with van der Waals surface area (Å²) in [4.78, 5) is 0. The SMILES string of the molecule is [PH2][Pt]([PH2])([Cl])[Cl]. The molecule has 2 atom stereocenters. The van der Waals surface area contributed by atoms with Gasteiger partial charge in [-0.05, 0) is 0 Å². The van der Waals surface area contributed by atoms with Crippen molar-refractivity contribution in [1.29, 1.82) is 0 Å². The van der Waals surface area contributed by atoms with Crippen molar-refractivity contribution in [2.75, 3.05) is 0 Å². The number of hydrogen-bond acceptors (Lipinski definition) is 0. The van der Waals surface area contributed by atoms with Crippen molar-refractivity contribution in [3.05, 3.63) is 0 Å². The molecule has 0 spiro atoms. The Labute approximate surface area is 46.4 Å². The summed E-state index contributed by atoms with van der Waals surface area (Å²) >= 11 is -2.17. The molecule has 0 aromatic rings. The van der Waals surface area contributed by atoms with Gasteiger partial charge in [0.15, 0.2) is 0 Å².